The fourth-order valence-corrected chi connectivity index (χ4v) is 1.63. The zero-order valence-corrected chi connectivity index (χ0v) is 10.1. The molecule has 0 spiro atoms. The minimum Gasteiger partial charge on any atom is -0.481 e. The van der Waals surface area contributed by atoms with Crippen molar-refractivity contribution in [2.24, 2.45) is 0 Å². The first-order valence-corrected chi connectivity index (χ1v) is 5.62. The van der Waals surface area contributed by atoms with Crippen LogP contribution in [0.25, 0.3) is 11.1 Å². The molecule has 2 aromatic rings. The van der Waals surface area contributed by atoms with Crippen molar-refractivity contribution in [3.63, 3.8) is 0 Å². The summed E-state index contributed by atoms with van der Waals surface area (Å²) in [4.78, 5) is 4.19. The van der Waals surface area contributed by atoms with Gasteiger partial charge in [-0.1, -0.05) is 6.92 Å². The summed E-state index contributed by atoms with van der Waals surface area (Å²) in [6.45, 7) is 3.71. The van der Waals surface area contributed by atoms with Crippen LogP contribution in [-0.2, 0) is 6.54 Å². The zero-order chi connectivity index (χ0) is 12.1. The van der Waals surface area contributed by atoms with Crippen LogP contribution in [0.2, 0.25) is 0 Å². The number of nitrogens with zero attached hydrogens (tertiary/aromatic N) is 1. The van der Waals surface area contributed by atoms with E-state index in [2.05, 4.69) is 17.2 Å². The number of pyridine rings is 1. The fourth-order valence-electron chi connectivity index (χ4n) is 1.63. The van der Waals surface area contributed by atoms with Crippen molar-refractivity contribution in [1.29, 1.82) is 0 Å². The summed E-state index contributed by atoms with van der Waals surface area (Å²) in [6.07, 6.45) is 3.49. The zero-order valence-electron chi connectivity index (χ0n) is 10.1. The van der Waals surface area contributed by atoms with Gasteiger partial charge in [-0.3, -0.25) is 0 Å². The van der Waals surface area contributed by atoms with Gasteiger partial charge in [0.2, 0.25) is 5.88 Å². The molecule has 0 aliphatic rings. The van der Waals surface area contributed by atoms with Gasteiger partial charge in [-0.25, -0.2) is 4.98 Å². The average Bonchev–Trinajstić information content (AvgIpc) is 2.84. The second kappa shape index (κ2) is 5.50. The van der Waals surface area contributed by atoms with Gasteiger partial charge < -0.3 is 14.5 Å². The van der Waals surface area contributed by atoms with E-state index in [0.29, 0.717) is 5.88 Å². The van der Waals surface area contributed by atoms with Gasteiger partial charge in [-0.15, -0.1) is 0 Å². The molecule has 0 amide bonds. The summed E-state index contributed by atoms with van der Waals surface area (Å²) in [5.41, 5.74) is 2.11. The Hall–Kier alpha value is -1.81. The Morgan fingerprint density at radius 3 is 2.88 bits per heavy atom. The Morgan fingerprint density at radius 2 is 2.24 bits per heavy atom. The third-order valence-electron chi connectivity index (χ3n) is 2.54. The molecule has 0 bridgehead atoms. The SMILES string of the molecule is CCNCc1occc1-c1ccc(OC)nc1. The molecule has 4 heteroatoms. The van der Waals surface area contributed by atoms with Crippen LogP contribution in [0.1, 0.15) is 12.7 Å². The molecule has 2 rings (SSSR count). The molecule has 0 saturated carbocycles. The molecule has 4 nitrogen and oxygen atoms in total. The van der Waals surface area contributed by atoms with Gasteiger partial charge in [-0.2, -0.15) is 0 Å². The van der Waals surface area contributed by atoms with Crippen LogP contribution in [-0.4, -0.2) is 18.6 Å². The summed E-state index contributed by atoms with van der Waals surface area (Å²) in [7, 11) is 1.61. The lowest BCUT2D eigenvalue weighted by Gasteiger charge is -2.04. The average molecular weight is 232 g/mol. The van der Waals surface area contributed by atoms with Crippen molar-refractivity contribution in [1.82, 2.24) is 10.3 Å². The minimum atomic E-state index is 0.616. The van der Waals surface area contributed by atoms with Gasteiger partial charge in [-0.05, 0) is 18.7 Å². The molecule has 0 unspecified atom stereocenters. The van der Waals surface area contributed by atoms with Crippen molar-refractivity contribution in [3.8, 4) is 17.0 Å². The minimum absolute atomic E-state index is 0.616. The first-order valence-electron chi connectivity index (χ1n) is 5.62. The van der Waals surface area contributed by atoms with E-state index in [1.807, 2.05) is 18.2 Å². The van der Waals surface area contributed by atoms with Crippen molar-refractivity contribution in [3.05, 3.63) is 36.4 Å². The van der Waals surface area contributed by atoms with E-state index in [0.717, 1.165) is 30.0 Å². The van der Waals surface area contributed by atoms with E-state index >= 15 is 0 Å². The van der Waals surface area contributed by atoms with Gasteiger partial charge in [0.05, 0.1) is 19.9 Å². The highest BCUT2D eigenvalue weighted by Gasteiger charge is 2.08. The van der Waals surface area contributed by atoms with Gasteiger partial charge in [0.1, 0.15) is 5.76 Å². The third kappa shape index (κ3) is 2.65. The second-order valence-electron chi connectivity index (χ2n) is 3.63. The van der Waals surface area contributed by atoms with Crippen LogP contribution in [0, 0.1) is 0 Å². The third-order valence-corrected chi connectivity index (χ3v) is 2.54. The molecule has 2 aromatic heterocycles. The number of ether oxygens (including phenoxy) is 1. The van der Waals surface area contributed by atoms with Crippen LogP contribution in [0.3, 0.4) is 0 Å². The first kappa shape index (κ1) is 11.7. The fraction of sp³-hybridized carbons (Fsp3) is 0.308. The molecular weight excluding hydrogens is 216 g/mol. The number of methoxy groups -OCH3 is 1. The van der Waals surface area contributed by atoms with Crippen LogP contribution < -0.4 is 10.1 Å². The molecule has 0 atom stereocenters. The first-order chi connectivity index (χ1) is 8.35. The normalized spacial score (nSPS) is 10.5. The Kier molecular flexibility index (Phi) is 3.77. The Bertz CT molecular complexity index is 463. The maximum atomic E-state index is 5.46. The van der Waals surface area contributed by atoms with Gasteiger partial charge in [0.25, 0.3) is 0 Å². The van der Waals surface area contributed by atoms with Crippen molar-refractivity contribution >= 4 is 0 Å². The molecule has 0 aliphatic carbocycles. The summed E-state index contributed by atoms with van der Waals surface area (Å²) >= 11 is 0. The van der Waals surface area contributed by atoms with E-state index in [1.165, 1.54) is 0 Å². The lowest BCUT2D eigenvalue weighted by Crippen LogP contribution is -2.11. The monoisotopic (exact) mass is 232 g/mol. The maximum Gasteiger partial charge on any atom is 0.212 e. The molecule has 0 aliphatic heterocycles. The summed E-state index contributed by atoms with van der Waals surface area (Å²) in [6, 6.07) is 5.78. The Labute approximate surface area is 101 Å². The standard InChI is InChI=1S/C13H16N2O2/c1-3-14-9-12-11(6-7-17-12)10-4-5-13(16-2)15-8-10/h4-8,14H,3,9H2,1-2H3. The van der Waals surface area contributed by atoms with Gasteiger partial charge in [0.15, 0.2) is 0 Å². The highest BCUT2D eigenvalue weighted by atomic mass is 16.5. The van der Waals surface area contributed by atoms with E-state index < -0.39 is 0 Å². The highest BCUT2D eigenvalue weighted by molar-refractivity contribution is 5.64. The molecule has 0 saturated heterocycles. The number of rotatable bonds is 5. The molecule has 2 heterocycles. The van der Waals surface area contributed by atoms with Crippen molar-refractivity contribution < 1.29 is 9.15 Å². The van der Waals surface area contributed by atoms with Crippen molar-refractivity contribution in [2.75, 3.05) is 13.7 Å². The van der Waals surface area contributed by atoms with Crippen molar-refractivity contribution in [2.45, 2.75) is 13.5 Å². The van der Waals surface area contributed by atoms with E-state index in [-0.39, 0.29) is 0 Å². The number of furan rings is 1. The molecule has 1 N–H and O–H groups in total. The predicted molar refractivity (Wildman–Crippen MR) is 65.9 cm³/mol. The number of hydrogen-bond donors (Lipinski definition) is 1. The van der Waals surface area contributed by atoms with Gasteiger partial charge >= 0.3 is 0 Å². The summed E-state index contributed by atoms with van der Waals surface area (Å²) < 4.78 is 10.5. The quantitative estimate of drug-likeness (QED) is 0.860. The van der Waals surface area contributed by atoms with Gasteiger partial charge in [0, 0.05) is 23.4 Å². The number of hydrogen-bond acceptors (Lipinski definition) is 4. The second-order valence-corrected chi connectivity index (χ2v) is 3.63. The molecule has 17 heavy (non-hydrogen) atoms. The maximum absolute atomic E-state index is 5.46. The number of aromatic nitrogens is 1. The summed E-state index contributed by atoms with van der Waals surface area (Å²) in [5, 5.41) is 3.24. The van der Waals surface area contributed by atoms with Crippen LogP contribution in [0.5, 0.6) is 5.88 Å². The highest BCUT2D eigenvalue weighted by Crippen LogP contribution is 2.25. The van der Waals surface area contributed by atoms with Crippen LogP contribution in [0.4, 0.5) is 0 Å². The largest absolute Gasteiger partial charge is 0.481 e. The molecule has 0 fully saturated rings. The van der Waals surface area contributed by atoms with Crippen LogP contribution in [0.15, 0.2) is 35.1 Å². The predicted octanol–water partition coefficient (Wildman–Crippen LogP) is 2.46. The molecule has 90 valence electrons. The summed E-state index contributed by atoms with van der Waals surface area (Å²) in [5.74, 6) is 1.55. The smallest absolute Gasteiger partial charge is 0.212 e. The molecular formula is C13H16N2O2. The van der Waals surface area contributed by atoms with E-state index in [4.69, 9.17) is 9.15 Å². The Balaban J connectivity index is 2.23. The lowest BCUT2D eigenvalue weighted by atomic mass is 10.1. The lowest BCUT2D eigenvalue weighted by molar-refractivity contribution is 0.398. The number of nitrogens with one attached hydrogen (secondary N) is 1. The topological polar surface area (TPSA) is 47.3 Å². The molecule has 0 radical (unpaired) electrons. The molecule has 0 aromatic carbocycles. The Morgan fingerprint density at radius 1 is 1.35 bits per heavy atom. The van der Waals surface area contributed by atoms with E-state index in [1.54, 1.807) is 19.6 Å². The van der Waals surface area contributed by atoms with Crippen LogP contribution >= 0.6 is 0 Å². The van der Waals surface area contributed by atoms with E-state index in [9.17, 15) is 0 Å².